The fraction of sp³-hybridized carbons (Fsp3) is 0.588. The molecule has 1 unspecified atom stereocenters. The fourth-order valence-electron chi connectivity index (χ4n) is 2.40. The Morgan fingerprint density at radius 2 is 1.75 bits per heavy atom. The van der Waals surface area contributed by atoms with E-state index in [1.54, 1.807) is 0 Å². The first-order valence-electron chi connectivity index (χ1n) is 7.45. The molecule has 1 atom stereocenters. The summed E-state index contributed by atoms with van der Waals surface area (Å²) in [6.07, 6.45) is 1.38. The monoisotopic (exact) mass is 277 g/mol. The van der Waals surface area contributed by atoms with Gasteiger partial charge in [-0.3, -0.25) is 4.79 Å². The van der Waals surface area contributed by atoms with E-state index >= 15 is 0 Å². The van der Waals surface area contributed by atoms with Crippen molar-refractivity contribution in [2.24, 2.45) is 5.92 Å². The average molecular weight is 277 g/mol. The molecule has 1 amide bonds. The third-order valence-corrected chi connectivity index (χ3v) is 4.13. The van der Waals surface area contributed by atoms with Gasteiger partial charge in [0.15, 0.2) is 0 Å². The van der Waals surface area contributed by atoms with Crippen LogP contribution in [0.25, 0.3) is 0 Å². The summed E-state index contributed by atoms with van der Waals surface area (Å²) in [6.45, 7) is 8.25. The molecule has 3 nitrogen and oxygen atoms in total. The molecular formula is C17H27NO2. The molecule has 0 aliphatic rings. The van der Waals surface area contributed by atoms with E-state index in [4.69, 9.17) is 0 Å². The quantitative estimate of drug-likeness (QED) is 0.805. The van der Waals surface area contributed by atoms with Crippen LogP contribution in [-0.2, 0) is 10.2 Å². The van der Waals surface area contributed by atoms with Gasteiger partial charge in [-0.25, -0.2) is 0 Å². The highest BCUT2D eigenvalue weighted by atomic mass is 16.3. The highest BCUT2D eigenvalue weighted by molar-refractivity contribution is 5.87. The van der Waals surface area contributed by atoms with E-state index in [1.165, 1.54) is 0 Å². The van der Waals surface area contributed by atoms with Crippen molar-refractivity contribution >= 4 is 5.91 Å². The number of hydrogen-bond donors (Lipinski definition) is 2. The Labute approximate surface area is 122 Å². The Balaban J connectivity index is 2.62. The summed E-state index contributed by atoms with van der Waals surface area (Å²) < 4.78 is 0. The lowest BCUT2D eigenvalue weighted by atomic mass is 9.83. The van der Waals surface area contributed by atoms with E-state index in [1.807, 2.05) is 44.2 Å². The largest absolute Gasteiger partial charge is 0.391 e. The van der Waals surface area contributed by atoms with E-state index < -0.39 is 11.5 Å². The molecule has 0 aromatic heterocycles. The van der Waals surface area contributed by atoms with Crippen molar-refractivity contribution in [1.29, 1.82) is 0 Å². The van der Waals surface area contributed by atoms with Crippen LogP contribution in [0.4, 0.5) is 0 Å². The summed E-state index contributed by atoms with van der Waals surface area (Å²) >= 11 is 0. The maximum atomic E-state index is 12.3. The van der Waals surface area contributed by atoms with E-state index in [0.717, 1.165) is 18.4 Å². The Kier molecular flexibility index (Phi) is 6.21. The lowest BCUT2D eigenvalue weighted by molar-refractivity contribution is -0.126. The van der Waals surface area contributed by atoms with Crippen LogP contribution < -0.4 is 5.32 Å². The van der Waals surface area contributed by atoms with Crippen molar-refractivity contribution in [2.75, 3.05) is 6.54 Å². The molecule has 0 saturated carbocycles. The normalized spacial score (nSPS) is 13.3. The topological polar surface area (TPSA) is 49.3 Å². The molecule has 112 valence electrons. The lowest BCUT2D eigenvalue weighted by Gasteiger charge is -2.26. The highest BCUT2D eigenvalue weighted by Gasteiger charge is 2.30. The van der Waals surface area contributed by atoms with Crippen molar-refractivity contribution in [1.82, 2.24) is 5.32 Å². The molecule has 0 aliphatic carbocycles. The smallest absolute Gasteiger partial charge is 0.230 e. The average Bonchev–Trinajstić information content (AvgIpc) is 2.46. The van der Waals surface area contributed by atoms with Crippen molar-refractivity contribution < 1.29 is 9.90 Å². The lowest BCUT2D eigenvalue weighted by Crippen LogP contribution is -2.44. The predicted molar refractivity (Wildman–Crippen MR) is 82.6 cm³/mol. The zero-order valence-electron chi connectivity index (χ0n) is 13.0. The maximum Gasteiger partial charge on any atom is 0.230 e. The van der Waals surface area contributed by atoms with Crippen LogP contribution in [0.3, 0.4) is 0 Å². The Morgan fingerprint density at radius 1 is 1.20 bits per heavy atom. The molecule has 1 rings (SSSR count). The first-order chi connectivity index (χ1) is 9.43. The fourth-order valence-corrected chi connectivity index (χ4v) is 2.40. The van der Waals surface area contributed by atoms with E-state index in [2.05, 4.69) is 19.2 Å². The molecule has 3 heteroatoms. The second-order valence-electron chi connectivity index (χ2n) is 5.84. The van der Waals surface area contributed by atoms with Crippen LogP contribution in [0.1, 0.15) is 46.1 Å². The van der Waals surface area contributed by atoms with E-state index in [-0.39, 0.29) is 11.8 Å². The summed E-state index contributed by atoms with van der Waals surface area (Å²) in [4.78, 5) is 12.3. The molecule has 0 radical (unpaired) electrons. The summed E-state index contributed by atoms with van der Waals surface area (Å²) in [5.74, 6) is 0.198. The molecule has 1 aromatic carbocycles. The van der Waals surface area contributed by atoms with E-state index in [0.29, 0.717) is 6.54 Å². The van der Waals surface area contributed by atoms with Gasteiger partial charge in [-0.15, -0.1) is 0 Å². The van der Waals surface area contributed by atoms with Crippen LogP contribution in [0, 0.1) is 5.92 Å². The minimum absolute atomic E-state index is 0.0475. The first-order valence-corrected chi connectivity index (χ1v) is 7.45. The summed E-state index contributed by atoms with van der Waals surface area (Å²) in [5, 5.41) is 13.0. The van der Waals surface area contributed by atoms with Gasteiger partial charge < -0.3 is 10.4 Å². The number of carbonyl (C=O) groups excluding carboxylic acids is 1. The SMILES string of the molecule is CCC(CC)C(O)CNC(=O)C(C)(C)c1ccccc1. The number of nitrogens with one attached hydrogen (secondary N) is 1. The zero-order valence-corrected chi connectivity index (χ0v) is 13.0. The predicted octanol–water partition coefficient (Wildman–Crippen LogP) is 2.88. The molecule has 0 heterocycles. The third-order valence-electron chi connectivity index (χ3n) is 4.13. The van der Waals surface area contributed by atoms with Gasteiger partial charge in [-0.05, 0) is 25.3 Å². The third kappa shape index (κ3) is 4.07. The van der Waals surface area contributed by atoms with Crippen LogP contribution in [0.2, 0.25) is 0 Å². The summed E-state index contributed by atoms with van der Waals surface area (Å²) in [7, 11) is 0. The van der Waals surface area contributed by atoms with Gasteiger partial charge in [0.1, 0.15) is 0 Å². The second kappa shape index (κ2) is 7.44. The number of aliphatic hydroxyl groups excluding tert-OH is 1. The zero-order chi connectivity index (χ0) is 15.2. The molecule has 0 aliphatic heterocycles. The second-order valence-corrected chi connectivity index (χ2v) is 5.84. The van der Waals surface area contributed by atoms with E-state index in [9.17, 15) is 9.90 Å². The molecule has 0 bridgehead atoms. The summed E-state index contributed by atoms with van der Waals surface area (Å²) in [6, 6.07) is 9.72. The van der Waals surface area contributed by atoms with Crippen LogP contribution in [0.5, 0.6) is 0 Å². The molecule has 0 spiro atoms. The minimum atomic E-state index is -0.588. The Hall–Kier alpha value is -1.35. The number of aliphatic hydroxyl groups is 1. The molecule has 1 aromatic rings. The van der Waals surface area contributed by atoms with Gasteiger partial charge in [0, 0.05) is 6.54 Å². The van der Waals surface area contributed by atoms with Gasteiger partial charge in [-0.1, -0.05) is 57.0 Å². The standard InChI is InChI=1S/C17H27NO2/c1-5-13(6-2)15(19)12-18-16(20)17(3,4)14-10-8-7-9-11-14/h7-11,13,15,19H,5-6,12H2,1-4H3,(H,18,20). The molecule has 0 fully saturated rings. The van der Waals surface area contributed by atoms with Crippen LogP contribution in [-0.4, -0.2) is 23.7 Å². The number of hydrogen-bond acceptors (Lipinski definition) is 2. The maximum absolute atomic E-state index is 12.3. The van der Waals surface area contributed by atoms with Crippen molar-refractivity contribution in [2.45, 2.75) is 52.1 Å². The molecule has 20 heavy (non-hydrogen) atoms. The Morgan fingerprint density at radius 3 is 2.25 bits per heavy atom. The molecular weight excluding hydrogens is 250 g/mol. The van der Waals surface area contributed by atoms with Gasteiger partial charge in [0.25, 0.3) is 0 Å². The number of carbonyl (C=O) groups is 1. The van der Waals surface area contributed by atoms with Gasteiger partial charge in [-0.2, -0.15) is 0 Å². The number of rotatable bonds is 7. The minimum Gasteiger partial charge on any atom is -0.391 e. The molecule has 2 N–H and O–H groups in total. The van der Waals surface area contributed by atoms with Crippen molar-refractivity contribution in [3.05, 3.63) is 35.9 Å². The van der Waals surface area contributed by atoms with Gasteiger partial charge >= 0.3 is 0 Å². The van der Waals surface area contributed by atoms with Crippen molar-refractivity contribution in [3.8, 4) is 0 Å². The van der Waals surface area contributed by atoms with Gasteiger partial charge in [0.05, 0.1) is 11.5 Å². The van der Waals surface area contributed by atoms with Crippen molar-refractivity contribution in [3.63, 3.8) is 0 Å². The Bertz CT molecular complexity index is 410. The molecule has 0 saturated heterocycles. The summed E-state index contributed by atoms with van der Waals surface area (Å²) in [5.41, 5.74) is 0.393. The van der Waals surface area contributed by atoms with Gasteiger partial charge in [0.2, 0.25) is 5.91 Å². The number of amides is 1. The highest BCUT2D eigenvalue weighted by Crippen LogP contribution is 2.23. The van der Waals surface area contributed by atoms with Crippen LogP contribution >= 0.6 is 0 Å². The van der Waals surface area contributed by atoms with Crippen LogP contribution in [0.15, 0.2) is 30.3 Å². The number of benzene rings is 1. The first kappa shape index (κ1) is 16.7.